The lowest BCUT2D eigenvalue weighted by Gasteiger charge is -2.33. The van der Waals surface area contributed by atoms with E-state index < -0.39 is 23.3 Å². The lowest BCUT2D eigenvalue weighted by molar-refractivity contribution is -0.135. The van der Waals surface area contributed by atoms with Gasteiger partial charge in [-0.25, -0.2) is 9.18 Å². The zero-order chi connectivity index (χ0) is 18.2. The molecule has 0 radical (unpaired) electrons. The van der Waals surface area contributed by atoms with E-state index in [1.54, 1.807) is 6.92 Å². The molecule has 2 aliphatic rings. The number of imide groups is 1. The average molecular weight is 347 g/mol. The van der Waals surface area contributed by atoms with Gasteiger partial charge in [0.25, 0.3) is 5.91 Å². The van der Waals surface area contributed by atoms with E-state index in [-0.39, 0.29) is 12.5 Å². The summed E-state index contributed by atoms with van der Waals surface area (Å²) in [6.07, 6.45) is 2.96. The number of hydrogen-bond donors (Lipinski definition) is 2. The van der Waals surface area contributed by atoms with Crippen molar-refractivity contribution in [1.82, 2.24) is 10.2 Å². The number of amides is 4. The van der Waals surface area contributed by atoms with Crippen LogP contribution in [0.1, 0.15) is 38.2 Å². The summed E-state index contributed by atoms with van der Waals surface area (Å²) in [6.45, 7) is 3.45. The number of rotatable bonds is 3. The Balaban J connectivity index is 1.67. The molecule has 1 saturated carbocycles. The first-order valence-corrected chi connectivity index (χ1v) is 8.51. The Kier molecular flexibility index (Phi) is 4.49. The van der Waals surface area contributed by atoms with Crippen molar-refractivity contribution >= 4 is 23.5 Å². The molecular formula is C18H22FN3O3. The summed E-state index contributed by atoms with van der Waals surface area (Å²) in [5.41, 5.74) is 0.179. The highest BCUT2D eigenvalue weighted by Crippen LogP contribution is 2.36. The molecule has 1 aliphatic heterocycles. The molecule has 4 amide bonds. The maximum Gasteiger partial charge on any atom is 0.325 e. The van der Waals surface area contributed by atoms with Gasteiger partial charge in [0.2, 0.25) is 5.91 Å². The largest absolute Gasteiger partial charge is 0.325 e. The summed E-state index contributed by atoms with van der Waals surface area (Å²) in [7, 11) is 0. The van der Waals surface area contributed by atoms with E-state index >= 15 is 0 Å². The summed E-state index contributed by atoms with van der Waals surface area (Å²) in [5.74, 6) is -0.665. The van der Waals surface area contributed by atoms with Gasteiger partial charge in [-0.05, 0) is 62.3 Å². The van der Waals surface area contributed by atoms with Crippen LogP contribution in [0.15, 0.2) is 18.2 Å². The molecule has 0 bridgehead atoms. The van der Waals surface area contributed by atoms with Crippen LogP contribution in [0.5, 0.6) is 0 Å². The van der Waals surface area contributed by atoms with Crippen molar-refractivity contribution in [2.24, 2.45) is 5.92 Å². The van der Waals surface area contributed by atoms with Crippen LogP contribution in [0.3, 0.4) is 0 Å². The number of nitrogens with one attached hydrogen (secondary N) is 2. The number of hydrogen-bond acceptors (Lipinski definition) is 3. The summed E-state index contributed by atoms with van der Waals surface area (Å²) < 4.78 is 13.1. The van der Waals surface area contributed by atoms with Gasteiger partial charge < -0.3 is 10.6 Å². The molecule has 0 unspecified atom stereocenters. The van der Waals surface area contributed by atoms with Crippen LogP contribution in [-0.4, -0.2) is 34.8 Å². The number of halogens is 1. The zero-order valence-electron chi connectivity index (χ0n) is 14.4. The highest BCUT2D eigenvalue weighted by Gasteiger charge is 2.52. The number of benzene rings is 1. The van der Waals surface area contributed by atoms with Crippen LogP contribution < -0.4 is 10.6 Å². The monoisotopic (exact) mass is 347 g/mol. The second-order valence-electron chi connectivity index (χ2n) is 7.09. The van der Waals surface area contributed by atoms with Gasteiger partial charge in [-0.1, -0.05) is 6.92 Å². The van der Waals surface area contributed by atoms with Gasteiger partial charge in [0.05, 0.1) is 0 Å². The molecular weight excluding hydrogens is 325 g/mol. The molecule has 7 heteroatoms. The standard InChI is InChI=1S/C18H22FN3O3/c1-11-5-7-18(8-6-11)16(24)22(17(25)21-18)10-15(23)20-14-4-3-13(19)9-12(14)2/h3-4,9,11H,5-8,10H2,1-2H3,(H,20,23)(H,21,25). The Morgan fingerprint density at radius 1 is 1.36 bits per heavy atom. The molecule has 1 spiro atoms. The number of anilines is 1. The van der Waals surface area contributed by atoms with Crippen molar-refractivity contribution in [3.05, 3.63) is 29.6 Å². The van der Waals surface area contributed by atoms with E-state index in [2.05, 4.69) is 17.6 Å². The normalized spacial score (nSPS) is 26.0. The number of carbonyl (C=O) groups is 3. The fourth-order valence-corrected chi connectivity index (χ4v) is 3.51. The molecule has 1 saturated heterocycles. The van der Waals surface area contributed by atoms with Crippen molar-refractivity contribution in [2.45, 2.75) is 45.1 Å². The lowest BCUT2D eigenvalue weighted by atomic mass is 9.77. The van der Waals surface area contributed by atoms with Gasteiger partial charge in [-0.15, -0.1) is 0 Å². The van der Waals surface area contributed by atoms with Gasteiger partial charge in [-0.3, -0.25) is 14.5 Å². The molecule has 3 rings (SSSR count). The molecule has 25 heavy (non-hydrogen) atoms. The average Bonchev–Trinajstić information content (AvgIpc) is 2.78. The molecule has 0 aromatic heterocycles. The van der Waals surface area contributed by atoms with Crippen LogP contribution in [0.2, 0.25) is 0 Å². The third kappa shape index (κ3) is 3.36. The fraction of sp³-hybridized carbons (Fsp3) is 0.500. The fourth-order valence-electron chi connectivity index (χ4n) is 3.51. The maximum absolute atomic E-state index is 13.1. The molecule has 1 heterocycles. The Bertz CT molecular complexity index is 726. The molecule has 134 valence electrons. The first-order chi connectivity index (χ1) is 11.8. The van der Waals surface area contributed by atoms with Crippen molar-refractivity contribution < 1.29 is 18.8 Å². The zero-order valence-corrected chi connectivity index (χ0v) is 14.4. The minimum absolute atomic E-state index is 0.324. The number of nitrogens with zero attached hydrogens (tertiary/aromatic N) is 1. The Morgan fingerprint density at radius 3 is 2.68 bits per heavy atom. The summed E-state index contributed by atoms with van der Waals surface area (Å²) in [4.78, 5) is 38.1. The first kappa shape index (κ1) is 17.4. The SMILES string of the molecule is Cc1cc(F)ccc1NC(=O)CN1C(=O)NC2(CCC(C)CC2)C1=O. The van der Waals surface area contributed by atoms with Gasteiger partial charge >= 0.3 is 6.03 Å². The van der Waals surface area contributed by atoms with Crippen LogP contribution in [0.4, 0.5) is 14.9 Å². The van der Waals surface area contributed by atoms with Crippen LogP contribution >= 0.6 is 0 Å². The second kappa shape index (κ2) is 6.46. The first-order valence-electron chi connectivity index (χ1n) is 8.51. The third-order valence-electron chi connectivity index (χ3n) is 5.14. The molecule has 6 nitrogen and oxygen atoms in total. The molecule has 1 aromatic carbocycles. The summed E-state index contributed by atoms with van der Waals surface area (Å²) in [5, 5.41) is 5.41. The molecule has 0 atom stereocenters. The number of urea groups is 1. The Hall–Kier alpha value is -2.44. The van der Waals surface area contributed by atoms with Crippen LogP contribution in [-0.2, 0) is 9.59 Å². The maximum atomic E-state index is 13.1. The van der Waals surface area contributed by atoms with E-state index in [0.717, 1.165) is 17.7 Å². The smallest absolute Gasteiger partial charge is 0.324 e. The topological polar surface area (TPSA) is 78.5 Å². The van der Waals surface area contributed by atoms with Gasteiger partial charge in [0.1, 0.15) is 17.9 Å². The number of carbonyl (C=O) groups excluding carboxylic acids is 3. The molecule has 2 fully saturated rings. The molecule has 2 N–H and O–H groups in total. The predicted octanol–water partition coefficient (Wildman–Crippen LogP) is 2.57. The van der Waals surface area contributed by atoms with Gasteiger partial charge in [-0.2, -0.15) is 0 Å². The van der Waals surface area contributed by atoms with Gasteiger partial charge in [0, 0.05) is 5.69 Å². The molecule has 1 aromatic rings. The van der Waals surface area contributed by atoms with Crippen molar-refractivity contribution in [2.75, 3.05) is 11.9 Å². The van der Waals surface area contributed by atoms with E-state index in [1.807, 2.05) is 0 Å². The molecule has 1 aliphatic carbocycles. The summed E-state index contributed by atoms with van der Waals surface area (Å²) in [6, 6.07) is 3.49. The van der Waals surface area contributed by atoms with E-state index in [4.69, 9.17) is 0 Å². The summed E-state index contributed by atoms with van der Waals surface area (Å²) >= 11 is 0. The second-order valence-corrected chi connectivity index (χ2v) is 7.09. The Labute approximate surface area is 145 Å². The highest BCUT2D eigenvalue weighted by molar-refractivity contribution is 6.10. The lowest BCUT2D eigenvalue weighted by Crippen LogP contribution is -2.49. The van der Waals surface area contributed by atoms with Crippen molar-refractivity contribution in [3.63, 3.8) is 0 Å². The number of aryl methyl sites for hydroxylation is 1. The van der Waals surface area contributed by atoms with Crippen LogP contribution in [0.25, 0.3) is 0 Å². The quantitative estimate of drug-likeness (QED) is 0.825. The Morgan fingerprint density at radius 2 is 2.04 bits per heavy atom. The van der Waals surface area contributed by atoms with E-state index in [0.29, 0.717) is 30.0 Å². The minimum Gasteiger partial charge on any atom is -0.324 e. The third-order valence-corrected chi connectivity index (χ3v) is 5.14. The van der Waals surface area contributed by atoms with Gasteiger partial charge in [0.15, 0.2) is 0 Å². The van der Waals surface area contributed by atoms with Crippen molar-refractivity contribution in [1.29, 1.82) is 0 Å². The van der Waals surface area contributed by atoms with E-state index in [9.17, 15) is 18.8 Å². The van der Waals surface area contributed by atoms with E-state index in [1.165, 1.54) is 18.2 Å². The predicted molar refractivity (Wildman–Crippen MR) is 90.4 cm³/mol. The minimum atomic E-state index is -0.852. The van der Waals surface area contributed by atoms with Crippen molar-refractivity contribution in [3.8, 4) is 0 Å². The van der Waals surface area contributed by atoms with Crippen LogP contribution in [0, 0.1) is 18.7 Å². The highest BCUT2D eigenvalue weighted by atomic mass is 19.1.